The number of pyridine rings is 1. The molecular formula is C17H16F6N4O4. The first kappa shape index (κ1) is 22.8. The number of fused-ring (bicyclic) bond motifs is 5. The van der Waals surface area contributed by atoms with Gasteiger partial charge in [-0.2, -0.15) is 26.3 Å². The summed E-state index contributed by atoms with van der Waals surface area (Å²) in [7, 11) is 0. The van der Waals surface area contributed by atoms with E-state index in [2.05, 4.69) is 15.2 Å². The molecule has 3 heterocycles. The lowest BCUT2D eigenvalue weighted by Crippen LogP contribution is -2.44. The minimum absolute atomic E-state index is 0.00774. The second-order valence-electron chi connectivity index (χ2n) is 7.08. The minimum Gasteiger partial charge on any atom is -0.474 e. The van der Waals surface area contributed by atoms with Crippen LogP contribution in [0.5, 0.6) is 5.88 Å². The maximum absolute atomic E-state index is 13.6. The third-order valence-corrected chi connectivity index (χ3v) is 4.60. The number of ether oxygens (including phenoxy) is 1. The summed E-state index contributed by atoms with van der Waals surface area (Å²) < 4.78 is 91.0. The van der Waals surface area contributed by atoms with E-state index in [0.29, 0.717) is 6.07 Å². The average Bonchev–Trinajstić information content (AvgIpc) is 3.10. The van der Waals surface area contributed by atoms with Crippen molar-refractivity contribution in [2.75, 3.05) is 5.73 Å². The third kappa shape index (κ3) is 4.43. The molecule has 2 atom stereocenters. The van der Waals surface area contributed by atoms with E-state index in [1.807, 2.05) is 0 Å². The molecule has 0 spiro atoms. The van der Waals surface area contributed by atoms with E-state index in [1.165, 1.54) is 6.92 Å². The van der Waals surface area contributed by atoms with E-state index in [1.54, 1.807) is 0 Å². The molecule has 31 heavy (non-hydrogen) atoms. The first-order valence-electron chi connectivity index (χ1n) is 8.92. The van der Waals surface area contributed by atoms with Gasteiger partial charge in [0.25, 0.3) is 11.8 Å². The van der Waals surface area contributed by atoms with Crippen molar-refractivity contribution >= 4 is 11.5 Å². The second-order valence-corrected chi connectivity index (χ2v) is 7.08. The number of aromatic nitrogens is 3. The number of carbonyl (C=O) groups is 1. The number of nitrogen functional groups attached to an aromatic ring is 1. The lowest BCUT2D eigenvalue weighted by molar-refractivity contribution is -0.274. The number of anilines is 1. The van der Waals surface area contributed by atoms with Gasteiger partial charge in [0.1, 0.15) is 11.3 Å². The van der Waals surface area contributed by atoms with Crippen molar-refractivity contribution in [1.29, 1.82) is 0 Å². The van der Waals surface area contributed by atoms with Crippen LogP contribution in [0.1, 0.15) is 44.1 Å². The zero-order valence-corrected chi connectivity index (χ0v) is 15.8. The molecule has 0 aliphatic carbocycles. The van der Waals surface area contributed by atoms with Crippen LogP contribution in [0.15, 0.2) is 10.5 Å². The number of rotatable bonds is 0. The Kier molecular flexibility index (Phi) is 5.63. The Morgan fingerprint density at radius 3 is 2.52 bits per heavy atom. The molecule has 3 N–H and O–H groups in total. The van der Waals surface area contributed by atoms with Crippen LogP contribution < -0.4 is 10.5 Å². The van der Waals surface area contributed by atoms with E-state index < -0.39 is 70.9 Å². The monoisotopic (exact) mass is 454 g/mol. The van der Waals surface area contributed by atoms with Gasteiger partial charge in [0.05, 0.1) is 18.2 Å². The Hall–Kier alpha value is -2.90. The first-order chi connectivity index (χ1) is 14.2. The number of halogens is 6. The zero-order chi connectivity index (χ0) is 23.2. The van der Waals surface area contributed by atoms with Gasteiger partial charge in [0, 0.05) is 6.42 Å². The summed E-state index contributed by atoms with van der Waals surface area (Å²) in [5, 5.41) is 16.7. The number of hydrogen-bond donors (Lipinski definition) is 2. The number of nitrogens with two attached hydrogens (primary N) is 1. The van der Waals surface area contributed by atoms with Crippen molar-refractivity contribution in [3.05, 3.63) is 17.5 Å². The van der Waals surface area contributed by atoms with Crippen molar-refractivity contribution in [3.63, 3.8) is 0 Å². The summed E-state index contributed by atoms with van der Waals surface area (Å²) in [6, 6.07) is 0.486. The molecule has 1 aliphatic rings. The molecule has 14 heteroatoms. The number of nitrogens with zero attached hydrogens (tertiary/aromatic N) is 3. The largest absolute Gasteiger partial charge is 0.474 e. The molecule has 0 unspecified atom stereocenters. The third-order valence-electron chi connectivity index (χ3n) is 4.60. The summed E-state index contributed by atoms with van der Waals surface area (Å²) in [5.74, 6) is -4.00. The van der Waals surface area contributed by atoms with Crippen molar-refractivity contribution in [2.45, 2.75) is 56.7 Å². The molecule has 8 nitrogen and oxygen atoms in total. The Morgan fingerprint density at radius 2 is 1.90 bits per heavy atom. The molecule has 0 amide bonds. The Morgan fingerprint density at radius 1 is 1.23 bits per heavy atom. The highest BCUT2D eigenvalue weighted by Gasteiger charge is 2.60. The van der Waals surface area contributed by atoms with Crippen LogP contribution in [0.25, 0.3) is 11.6 Å². The summed E-state index contributed by atoms with van der Waals surface area (Å²) in [6.45, 7) is 1.41. The van der Waals surface area contributed by atoms with Gasteiger partial charge >= 0.3 is 12.4 Å². The van der Waals surface area contributed by atoms with Gasteiger partial charge in [-0.15, -0.1) is 10.2 Å². The molecule has 3 rings (SSSR count). The Bertz CT molecular complexity index is 990. The number of ketones is 1. The van der Waals surface area contributed by atoms with E-state index >= 15 is 0 Å². The lowest BCUT2D eigenvalue weighted by Gasteiger charge is -2.26. The van der Waals surface area contributed by atoms with Crippen LogP contribution in [0, 0.1) is 0 Å². The van der Waals surface area contributed by atoms with Crippen molar-refractivity contribution < 1.29 is 45.4 Å². The quantitative estimate of drug-likeness (QED) is 0.581. The van der Waals surface area contributed by atoms with Gasteiger partial charge in [0.2, 0.25) is 11.5 Å². The average molecular weight is 454 g/mol. The van der Waals surface area contributed by atoms with Crippen LogP contribution in [0.4, 0.5) is 32.0 Å². The van der Waals surface area contributed by atoms with Gasteiger partial charge < -0.3 is 20.0 Å². The number of Topliss-reactive ketones (excluding diaryl/α,β-unsaturated/α-hetero) is 1. The number of aliphatic hydroxyl groups is 1. The van der Waals surface area contributed by atoms with Crippen LogP contribution >= 0.6 is 0 Å². The van der Waals surface area contributed by atoms with Crippen LogP contribution in [0.2, 0.25) is 0 Å². The maximum atomic E-state index is 13.6. The molecule has 0 saturated heterocycles. The molecule has 0 saturated carbocycles. The molecule has 2 aromatic rings. The van der Waals surface area contributed by atoms with Gasteiger partial charge in [-0.05, 0) is 25.8 Å². The van der Waals surface area contributed by atoms with Crippen LogP contribution in [0.3, 0.4) is 0 Å². The summed E-state index contributed by atoms with van der Waals surface area (Å²) in [5.41, 5.74) is -0.694. The molecule has 170 valence electrons. The fourth-order valence-electron chi connectivity index (χ4n) is 2.97. The highest BCUT2D eigenvalue weighted by atomic mass is 19.4. The minimum atomic E-state index is -5.36. The standard InChI is InChI=1S/C17H16F6N4O4/c1-7-3-2-4-8(28)6-15(29,17(21,22)23)14-27-26-13(31-14)11-10(24)5-9(16(18,19)20)12(25-11)30-7/h5,7,29H,2-4,6,24H2,1H3/t7-,15-/m1/s1. The van der Waals surface area contributed by atoms with Crippen LogP contribution in [-0.2, 0) is 16.6 Å². The Labute approximate surface area is 170 Å². The maximum Gasteiger partial charge on any atom is 0.426 e. The van der Waals surface area contributed by atoms with E-state index in [0.717, 1.165) is 0 Å². The second kappa shape index (κ2) is 7.66. The topological polar surface area (TPSA) is 124 Å². The summed E-state index contributed by atoms with van der Waals surface area (Å²) in [4.78, 5) is 15.7. The van der Waals surface area contributed by atoms with Crippen LogP contribution in [-0.4, -0.2) is 38.4 Å². The highest BCUT2D eigenvalue weighted by molar-refractivity contribution is 5.79. The molecule has 1 aliphatic heterocycles. The van der Waals surface area contributed by atoms with E-state index in [9.17, 15) is 36.2 Å². The molecule has 4 bridgehead atoms. The fraction of sp³-hybridized carbons (Fsp3) is 0.529. The number of alkyl halides is 6. The van der Waals surface area contributed by atoms with Crippen molar-refractivity contribution in [1.82, 2.24) is 15.2 Å². The molecule has 0 radical (unpaired) electrons. The van der Waals surface area contributed by atoms with Gasteiger partial charge in [-0.25, -0.2) is 4.98 Å². The predicted octanol–water partition coefficient (Wildman–Crippen LogP) is 3.39. The predicted molar refractivity (Wildman–Crippen MR) is 90.5 cm³/mol. The molecule has 2 aromatic heterocycles. The summed E-state index contributed by atoms with van der Waals surface area (Å²) in [6.07, 6.45) is -12.9. The van der Waals surface area contributed by atoms with Crippen molar-refractivity contribution in [3.8, 4) is 17.5 Å². The highest BCUT2D eigenvalue weighted by Crippen LogP contribution is 2.44. The zero-order valence-electron chi connectivity index (χ0n) is 15.8. The number of carbonyl (C=O) groups excluding carboxylic acids is 1. The van der Waals surface area contributed by atoms with Gasteiger partial charge in [-0.3, -0.25) is 4.79 Å². The smallest absolute Gasteiger partial charge is 0.426 e. The molecule has 0 fully saturated rings. The summed E-state index contributed by atoms with van der Waals surface area (Å²) >= 11 is 0. The molecule has 0 aromatic carbocycles. The van der Waals surface area contributed by atoms with Crippen molar-refractivity contribution in [2.24, 2.45) is 0 Å². The normalized spacial score (nSPS) is 23.2. The van der Waals surface area contributed by atoms with Gasteiger partial charge in [0.15, 0.2) is 5.69 Å². The van der Waals surface area contributed by atoms with E-state index in [4.69, 9.17) is 14.9 Å². The van der Waals surface area contributed by atoms with E-state index in [-0.39, 0.29) is 19.3 Å². The number of hydrogen-bond acceptors (Lipinski definition) is 8. The lowest BCUT2D eigenvalue weighted by atomic mass is 9.93. The fourth-order valence-corrected chi connectivity index (χ4v) is 2.97. The SMILES string of the molecule is C[C@@H]1CCCC(=O)C[C@](O)(C(F)(F)F)c2nnc(o2)-c2nc(c(C(F)(F)F)cc2N)O1. The van der Waals surface area contributed by atoms with Gasteiger partial charge in [-0.1, -0.05) is 0 Å². The first-order valence-corrected chi connectivity index (χ1v) is 8.92. The Balaban J connectivity index is 2.20. The molecular weight excluding hydrogens is 438 g/mol.